The van der Waals surface area contributed by atoms with Crippen LogP contribution in [-0.4, -0.2) is 44.5 Å². The molecule has 0 saturated carbocycles. The molecule has 2 saturated heterocycles. The molecule has 2 aromatic carbocycles. The van der Waals surface area contributed by atoms with Crippen molar-refractivity contribution >= 4 is 33.8 Å². The summed E-state index contributed by atoms with van der Waals surface area (Å²) in [7, 11) is 0. The van der Waals surface area contributed by atoms with Crippen LogP contribution in [0.5, 0.6) is 0 Å². The number of fused-ring (bicyclic) bond motifs is 3. The van der Waals surface area contributed by atoms with Crippen molar-refractivity contribution in [3.8, 4) is 11.3 Å². The number of aliphatic hydroxyl groups excluding tert-OH is 2. The number of benzene rings is 2. The van der Waals surface area contributed by atoms with E-state index in [1.807, 2.05) is 22.9 Å². The molecule has 8 heteroatoms. The molecule has 0 aliphatic carbocycles. The third kappa shape index (κ3) is 3.77. The number of hydrogen-bond acceptors (Lipinski definition) is 6. The predicted octanol–water partition coefficient (Wildman–Crippen LogP) is 4.20. The summed E-state index contributed by atoms with van der Waals surface area (Å²) < 4.78 is 0. The van der Waals surface area contributed by atoms with Crippen LogP contribution in [0.15, 0.2) is 59.3 Å². The lowest BCUT2D eigenvalue weighted by Gasteiger charge is -2.39. The number of carbonyl (C=O) groups is 1. The van der Waals surface area contributed by atoms with Crippen LogP contribution < -0.4 is 10.2 Å². The number of amides is 1. The van der Waals surface area contributed by atoms with Gasteiger partial charge in [0, 0.05) is 39.8 Å². The van der Waals surface area contributed by atoms with Crippen LogP contribution in [-0.2, 0) is 0 Å². The fraction of sp³-hybridized carbons (Fsp3) is 0.308. The molecule has 174 valence electrons. The summed E-state index contributed by atoms with van der Waals surface area (Å²) in [5, 5.41) is 35.1. The quantitative estimate of drug-likeness (QED) is 0.325. The second-order valence-corrected chi connectivity index (χ2v) is 10.0. The molecular formula is C26H26N4O3S. The van der Waals surface area contributed by atoms with Gasteiger partial charge in [-0.3, -0.25) is 9.89 Å². The van der Waals surface area contributed by atoms with Crippen LogP contribution in [0.25, 0.3) is 22.2 Å². The average Bonchev–Trinajstić information content (AvgIpc) is 3.57. The largest absolute Gasteiger partial charge is 0.393 e. The van der Waals surface area contributed by atoms with Gasteiger partial charge in [-0.2, -0.15) is 16.4 Å². The zero-order valence-electron chi connectivity index (χ0n) is 18.5. The van der Waals surface area contributed by atoms with E-state index in [2.05, 4.69) is 44.7 Å². The lowest BCUT2D eigenvalue weighted by Crippen LogP contribution is -2.44. The molecule has 0 spiro atoms. The SMILES string of the molecule is O=C(NC(O)c1ccsc1)c1ccc2[nH]nc(-c3ccc(N4C5CCC4CC(O)C5)cc3)c2c1. The van der Waals surface area contributed by atoms with E-state index in [-0.39, 0.29) is 12.0 Å². The lowest BCUT2D eigenvalue weighted by atomic mass is 9.98. The highest BCUT2D eigenvalue weighted by atomic mass is 32.1. The molecule has 3 atom stereocenters. The molecule has 4 aromatic rings. The van der Waals surface area contributed by atoms with Gasteiger partial charge < -0.3 is 20.4 Å². The Kier molecular flexibility index (Phi) is 5.36. The Bertz CT molecular complexity index is 1300. The van der Waals surface area contributed by atoms with Crippen molar-refractivity contribution in [3.05, 3.63) is 70.4 Å². The summed E-state index contributed by atoms with van der Waals surface area (Å²) in [5.74, 6) is -0.342. The fourth-order valence-electron chi connectivity index (χ4n) is 5.46. The predicted molar refractivity (Wildman–Crippen MR) is 133 cm³/mol. The van der Waals surface area contributed by atoms with Crippen LogP contribution in [0.3, 0.4) is 0 Å². The molecule has 0 radical (unpaired) electrons. The van der Waals surface area contributed by atoms with Crippen molar-refractivity contribution in [3.63, 3.8) is 0 Å². The van der Waals surface area contributed by atoms with Gasteiger partial charge in [-0.05, 0) is 72.8 Å². The molecule has 2 fully saturated rings. The summed E-state index contributed by atoms with van der Waals surface area (Å²) in [6.07, 6.45) is 2.74. The number of nitrogens with one attached hydrogen (secondary N) is 2. The van der Waals surface area contributed by atoms with Crippen LogP contribution >= 0.6 is 11.3 Å². The molecule has 6 rings (SSSR count). The number of H-pyrrole nitrogens is 1. The smallest absolute Gasteiger partial charge is 0.253 e. The van der Waals surface area contributed by atoms with Gasteiger partial charge in [-0.15, -0.1) is 0 Å². The maximum Gasteiger partial charge on any atom is 0.253 e. The fourth-order valence-corrected chi connectivity index (χ4v) is 6.14. The molecule has 2 aliphatic heterocycles. The highest BCUT2D eigenvalue weighted by Crippen LogP contribution is 2.40. The minimum absolute atomic E-state index is 0.179. The van der Waals surface area contributed by atoms with Crippen LogP contribution in [0.4, 0.5) is 5.69 Å². The van der Waals surface area contributed by atoms with Gasteiger partial charge in [0.2, 0.25) is 0 Å². The first-order valence-electron chi connectivity index (χ1n) is 11.6. The van der Waals surface area contributed by atoms with Gasteiger partial charge in [0.15, 0.2) is 6.23 Å². The lowest BCUT2D eigenvalue weighted by molar-refractivity contribution is 0.0784. The van der Waals surface area contributed by atoms with Crippen molar-refractivity contribution in [1.82, 2.24) is 15.5 Å². The van der Waals surface area contributed by atoms with Crippen LogP contribution in [0.2, 0.25) is 0 Å². The number of rotatable bonds is 5. The zero-order valence-corrected chi connectivity index (χ0v) is 19.3. The molecule has 2 aromatic heterocycles. The number of aromatic amines is 1. The summed E-state index contributed by atoms with van der Waals surface area (Å²) in [6, 6.07) is 16.4. The Morgan fingerprint density at radius 1 is 1.12 bits per heavy atom. The minimum Gasteiger partial charge on any atom is -0.393 e. The Balaban J connectivity index is 1.25. The number of aromatic nitrogens is 2. The summed E-state index contributed by atoms with van der Waals surface area (Å²) in [5.41, 5.74) is 4.91. The minimum atomic E-state index is -1.04. The monoisotopic (exact) mass is 474 g/mol. The first-order valence-corrected chi connectivity index (χ1v) is 12.6. The Morgan fingerprint density at radius 2 is 1.88 bits per heavy atom. The maximum atomic E-state index is 12.8. The molecule has 7 nitrogen and oxygen atoms in total. The second kappa shape index (κ2) is 8.54. The number of carbonyl (C=O) groups excluding carboxylic acids is 1. The van der Waals surface area contributed by atoms with Gasteiger partial charge in [-0.1, -0.05) is 12.1 Å². The third-order valence-corrected chi connectivity index (χ3v) is 7.80. The third-order valence-electron chi connectivity index (χ3n) is 7.10. The second-order valence-electron chi connectivity index (χ2n) is 9.23. The summed E-state index contributed by atoms with van der Waals surface area (Å²) in [4.78, 5) is 15.2. The topological polar surface area (TPSA) is 101 Å². The van der Waals surface area contributed by atoms with E-state index in [4.69, 9.17) is 0 Å². The van der Waals surface area contributed by atoms with Gasteiger partial charge in [-0.25, -0.2) is 0 Å². The molecule has 3 unspecified atom stereocenters. The summed E-state index contributed by atoms with van der Waals surface area (Å²) in [6.45, 7) is 0. The van der Waals surface area contributed by atoms with Gasteiger partial charge >= 0.3 is 0 Å². The van der Waals surface area contributed by atoms with Crippen molar-refractivity contribution in [2.45, 2.75) is 50.1 Å². The van der Waals surface area contributed by atoms with Crippen molar-refractivity contribution in [1.29, 1.82) is 0 Å². The molecule has 2 aliphatic rings. The Hall–Kier alpha value is -3.20. The maximum absolute atomic E-state index is 12.8. The number of nitrogens with zero attached hydrogens (tertiary/aromatic N) is 2. The normalized spacial score (nSPS) is 22.8. The van der Waals surface area contributed by atoms with Gasteiger partial charge in [0.25, 0.3) is 5.91 Å². The van der Waals surface area contributed by atoms with Crippen molar-refractivity contribution in [2.75, 3.05) is 4.90 Å². The number of hydrogen-bond donors (Lipinski definition) is 4. The van der Waals surface area contributed by atoms with E-state index in [9.17, 15) is 15.0 Å². The zero-order chi connectivity index (χ0) is 23.2. The Morgan fingerprint density at radius 3 is 2.59 bits per heavy atom. The van der Waals surface area contributed by atoms with E-state index >= 15 is 0 Å². The molecule has 1 amide bonds. The molecule has 4 heterocycles. The highest BCUT2D eigenvalue weighted by molar-refractivity contribution is 7.07. The first-order chi connectivity index (χ1) is 16.6. The van der Waals surface area contributed by atoms with Gasteiger partial charge in [0.05, 0.1) is 17.3 Å². The van der Waals surface area contributed by atoms with Gasteiger partial charge in [0.1, 0.15) is 0 Å². The number of anilines is 1. The average molecular weight is 475 g/mol. The Labute approximate surface area is 201 Å². The molecule has 4 N–H and O–H groups in total. The molecule has 34 heavy (non-hydrogen) atoms. The van der Waals surface area contributed by atoms with Crippen molar-refractivity contribution in [2.24, 2.45) is 0 Å². The van der Waals surface area contributed by atoms with Crippen LogP contribution in [0.1, 0.15) is 47.8 Å². The van der Waals surface area contributed by atoms with E-state index in [1.54, 1.807) is 12.1 Å². The highest BCUT2D eigenvalue weighted by Gasteiger charge is 2.40. The van der Waals surface area contributed by atoms with E-state index < -0.39 is 6.23 Å². The molecular weight excluding hydrogens is 448 g/mol. The first kappa shape index (κ1) is 21.3. The number of piperidine rings is 1. The van der Waals surface area contributed by atoms with Crippen LogP contribution in [0, 0.1) is 0 Å². The standard InChI is InChI=1S/C26H26N4O3S/c31-21-12-19-6-7-20(13-21)30(19)18-4-1-15(2-5-18)24-22-11-16(3-8-23(22)28-29-24)25(32)27-26(33)17-9-10-34-14-17/h1-5,8-11,14,19-21,26,31,33H,6-7,12-13H2,(H,27,32)(H,28,29). The van der Waals surface area contributed by atoms with Crippen molar-refractivity contribution < 1.29 is 15.0 Å². The summed E-state index contributed by atoms with van der Waals surface area (Å²) >= 11 is 1.47. The van der Waals surface area contributed by atoms with E-state index in [0.717, 1.165) is 47.8 Å². The van der Waals surface area contributed by atoms with E-state index in [0.29, 0.717) is 23.2 Å². The number of aliphatic hydroxyl groups is 2. The van der Waals surface area contributed by atoms with E-state index in [1.165, 1.54) is 17.0 Å². The number of thiophene rings is 1. The molecule has 2 bridgehead atoms.